The van der Waals surface area contributed by atoms with E-state index in [4.69, 9.17) is 0 Å². The molecule has 0 bridgehead atoms. The molecule has 1 atom stereocenters. The Kier molecular flexibility index (Phi) is 4.84. The van der Waals surface area contributed by atoms with E-state index in [1.54, 1.807) is 4.90 Å². The minimum atomic E-state index is -4.10. The molecule has 17 heavy (non-hydrogen) atoms. The highest BCUT2D eigenvalue weighted by Gasteiger charge is 2.36. The molecule has 2 nitrogen and oxygen atoms in total. The third-order valence-corrected chi connectivity index (χ3v) is 3.09. The van der Waals surface area contributed by atoms with E-state index >= 15 is 0 Å². The van der Waals surface area contributed by atoms with Crippen molar-refractivity contribution in [3.63, 3.8) is 0 Å². The highest BCUT2D eigenvalue weighted by molar-refractivity contribution is 4.87. The van der Waals surface area contributed by atoms with Gasteiger partial charge in [0.25, 0.3) is 0 Å². The van der Waals surface area contributed by atoms with E-state index in [0.29, 0.717) is 13.1 Å². The van der Waals surface area contributed by atoms with Crippen molar-refractivity contribution in [3.05, 3.63) is 0 Å². The zero-order valence-electron chi connectivity index (χ0n) is 10.9. The SMILES string of the molecule is CC(C)CN(CC(F)(F)F)CC1(C)CCNC1. The summed E-state index contributed by atoms with van der Waals surface area (Å²) in [5.74, 6) is 0.260. The van der Waals surface area contributed by atoms with Crippen molar-refractivity contribution in [1.82, 2.24) is 10.2 Å². The van der Waals surface area contributed by atoms with Gasteiger partial charge >= 0.3 is 6.18 Å². The fraction of sp³-hybridized carbons (Fsp3) is 1.00. The fourth-order valence-electron chi connectivity index (χ4n) is 2.50. The maximum Gasteiger partial charge on any atom is 0.401 e. The van der Waals surface area contributed by atoms with E-state index in [0.717, 1.165) is 19.5 Å². The first-order valence-electron chi connectivity index (χ1n) is 6.20. The molecule has 1 unspecified atom stereocenters. The van der Waals surface area contributed by atoms with Crippen LogP contribution in [0.3, 0.4) is 0 Å². The molecule has 1 aliphatic rings. The van der Waals surface area contributed by atoms with Crippen molar-refractivity contribution in [3.8, 4) is 0 Å². The predicted octanol–water partition coefficient (Wildman–Crippen LogP) is 2.51. The molecule has 0 saturated carbocycles. The molecule has 0 aromatic rings. The van der Waals surface area contributed by atoms with Crippen molar-refractivity contribution >= 4 is 0 Å². The monoisotopic (exact) mass is 252 g/mol. The Labute approximate surface area is 102 Å². The van der Waals surface area contributed by atoms with Crippen LogP contribution in [0.4, 0.5) is 13.2 Å². The molecule has 0 radical (unpaired) electrons. The number of halogens is 3. The molecule has 1 fully saturated rings. The zero-order chi connectivity index (χ0) is 13.1. The van der Waals surface area contributed by atoms with E-state index in [-0.39, 0.29) is 11.3 Å². The van der Waals surface area contributed by atoms with Crippen LogP contribution in [0.1, 0.15) is 27.2 Å². The Bertz CT molecular complexity index is 232. The molecule has 0 aromatic carbocycles. The van der Waals surface area contributed by atoms with Crippen LogP contribution in [0.25, 0.3) is 0 Å². The topological polar surface area (TPSA) is 15.3 Å². The third kappa shape index (κ3) is 5.73. The van der Waals surface area contributed by atoms with E-state index < -0.39 is 12.7 Å². The van der Waals surface area contributed by atoms with Gasteiger partial charge in [-0.05, 0) is 24.3 Å². The van der Waals surface area contributed by atoms with Crippen LogP contribution in [0.5, 0.6) is 0 Å². The van der Waals surface area contributed by atoms with E-state index in [1.807, 2.05) is 13.8 Å². The Morgan fingerprint density at radius 1 is 1.35 bits per heavy atom. The molecule has 102 valence electrons. The molecular weight excluding hydrogens is 229 g/mol. The molecule has 0 aromatic heterocycles. The van der Waals surface area contributed by atoms with Gasteiger partial charge in [-0.3, -0.25) is 4.90 Å². The van der Waals surface area contributed by atoms with Gasteiger partial charge in [-0.25, -0.2) is 0 Å². The minimum Gasteiger partial charge on any atom is -0.316 e. The first-order valence-corrected chi connectivity index (χ1v) is 6.20. The largest absolute Gasteiger partial charge is 0.401 e. The molecule has 1 rings (SSSR count). The molecule has 1 aliphatic heterocycles. The van der Waals surface area contributed by atoms with Gasteiger partial charge < -0.3 is 5.32 Å². The summed E-state index contributed by atoms with van der Waals surface area (Å²) in [5.41, 5.74) is -0.0137. The summed E-state index contributed by atoms with van der Waals surface area (Å²) in [6, 6.07) is 0. The van der Waals surface area contributed by atoms with E-state index in [2.05, 4.69) is 12.2 Å². The number of hydrogen-bond acceptors (Lipinski definition) is 2. The molecule has 0 spiro atoms. The van der Waals surface area contributed by atoms with Crippen molar-refractivity contribution in [2.24, 2.45) is 11.3 Å². The van der Waals surface area contributed by atoms with Gasteiger partial charge in [-0.1, -0.05) is 20.8 Å². The average Bonchev–Trinajstić information content (AvgIpc) is 2.46. The van der Waals surface area contributed by atoms with Crippen LogP contribution in [-0.4, -0.2) is 43.8 Å². The van der Waals surface area contributed by atoms with Crippen molar-refractivity contribution in [2.75, 3.05) is 32.7 Å². The van der Waals surface area contributed by atoms with Crippen LogP contribution in [0, 0.1) is 11.3 Å². The summed E-state index contributed by atoms with van der Waals surface area (Å²) in [6.45, 7) is 7.96. The number of alkyl halides is 3. The first-order chi connectivity index (χ1) is 7.70. The lowest BCUT2D eigenvalue weighted by Gasteiger charge is -2.33. The number of hydrogen-bond donors (Lipinski definition) is 1. The van der Waals surface area contributed by atoms with Crippen LogP contribution < -0.4 is 5.32 Å². The third-order valence-electron chi connectivity index (χ3n) is 3.09. The van der Waals surface area contributed by atoms with E-state index in [9.17, 15) is 13.2 Å². The highest BCUT2D eigenvalue weighted by Crippen LogP contribution is 2.27. The first kappa shape index (κ1) is 14.8. The van der Waals surface area contributed by atoms with Gasteiger partial charge in [0.1, 0.15) is 0 Å². The fourth-order valence-corrected chi connectivity index (χ4v) is 2.50. The summed E-state index contributed by atoms with van der Waals surface area (Å²) < 4.78 is 37.5. The lowest BCUT2D eigenvalue weighted by atomic mass is 9.89. The summed E-state index contributed by atoms with van der Waals surface area (Å²) in [5, 5.41) is 3.23. The lowest BCUT2D eigenvalue weighted by molar-refractivity contribution is -0.149. The molecule has 0 amide bonds. The van der Waals surface area contributed by atoms with Crippen molar-refractivity contribution in [2.45, 2.75) is 33.4 Å². The minimum absolute atomic E-state index is 0.0137. The maximum absolute atomic E-state index is 12.5. The quantitative estimate of drug-likeness (QED) is 0.808. The van der Waals surface area contributed by atoms with Crippen LogP contribution in [0.15, 0.2) is 0 Å². The molecular formula is C12H23F3N2. The normalized spacial score (nSPS) is 26.1. The van der Waals surface area contributed by atoms with Gasteiger partial charge in [-0.2, -0.15) is 13.2 Å². The van der Waals surface area contributed by atoms with Crippen molar-refractivity contribution in [1.29, 1.82) is 0 Å². The summed E-state index contributed by atoms with van der Waals surface area (Å²) in [7, 11) is 0. The number of nitrogens with one attached hydrogen (secondary N) is 1. The second-order valence-corrected chi connectivity index (χ2v) is 5.92. The Morgan fingerprint density at radius 2 is 2.00 bits per heavy atom. The van der Waals surface area contributed by atoms with Crippen LogP contribution in [0.2, 0.25) is 0 Å². The molecule has 1 saturated heterocycles. The molecule has 1 N–H and O–H groups in total. The van der Waals surface area contributed by atoms with Gasteiger partial charge in [0.15, 0.2) is 0 Å². The zero-order valence-corrected chi connectivity index (χ0v) is 10.9. The summed E-state index contributed by atoms with van der Waals surface area (Å²) >= 11 is 0. The summed E-state index contributed by atoms with van der Waals surface area (Å²) in [6.07, 6.45) is -3.14. The van der Waals surface area contributed by atoms with Gasteiger partial charge in [-0.15, -0.1) is 0 Å². The number of rotatable bonds is 5. The van der Waals surface area contributed by atoms with Gasteiger partial charge in [0.2, 0.25) is 0 Å². The average molecular weight is 252 g/mol. The second kappa shape index (κ2) is 5.57. The van der Waals surface area contributed by atoms with E-state index in [1.165, 1.54) is 0 Å². The molecule has 0 aliphatic carbocycles. The maximum atomic E-state index is 12.5. The van der Waals surface area contributed by atoms with Crippen LogP contribution >= 0.6 is 0 Å². The lowest BCUT2D eigenvalue weighted by Crippen LogP contribution is -2.43. The van der Waals surface area contributed by atoms with Crippen molar-refractivity contribution < 1.29 is 13.2 Å². The van der Waals surface area contributed by atoms with Gasteiger partial charge in [0.05, 0.1) is 6.54 Å². The molecule has 5 heteroatoms. The highest BCUT2D eigenvalue weighted by atomic mass is 19.4. The number of nitrogens with zero attached hydrogens (tertiary/aromatic N) is 1. The Balaban J connectivity index is 2.56. The standard InChI is InChI=1S/C12H23F3N2/c1-10(2)6-17(9-12(13,14)15)8-11(3)4-5-16-7-11/h10,16H,4-9H2,1-3H3. The van der Waals surface area contributed by atoms with Crippen LogP contribution in [-0.2, 0) is 0 Å². The van der Waals surface area contributed by atoms with Gasteiger partial charge in [0, 0.05) is 19.6 Å². The second-order valence-electron chi connectivity index (χ2n) is 5.92. The smallest absolute Gasteiger partial charge is 0.316 e. The molecule has 1 heterocycles. The Morgan fingerprint density at radius 3 is 2.41 bits per heavy atom. The Hall–Kier alpha value is -0.290. The predicted molar refractivity (Wildman–Crippen MR) is 62.9 cm³/mol. The summed E-state index contributed by atoms with van der Waals surface area (Å²) in [4.78, 5) is 1.55.